The first-order valence-electron chi connectivity index (χ1n) is 11.6. The topological polar surface area (TPSA) is 78.9 Å². The van der Waals surface area contributed by atoms with Crippen LogP contribution in [0.2, 0.25) is 0 Å². The second-order valence-electron chi connectivity index (χ2n) is 8.52. The van der Waals surface area contributed by atoms with Gasteiger partial charge in [0.15, 0.2) is 11.5 Å². The van der Waals surface area contributed by atoms with Crippen molar-refractivity contribution >= 4 is 17.2 Å². The number of rotatable bonds is 8. The van der Waals surface area contributed by atoms with Crippen LogP contribution >= 0.6 is 11.3 Å². The predicted molar refractivity (Wildman–Crippen MR) is 130 cm³/mol. The van der Waals surface area contributed by atoms with E-state index >= 15 is 0 Å². The van der Waals surface area contributed by atoms with Gasteiger partial charge in [-0.25, -0.2) is 4.98 Å². The van der Waals surface area contributed by atoms with Crippen LogP contribution in [-0.4, -0.2) is 44.0 Å². The van der Waals surface area contributed by atoms with Crippen molar-refractivity contribution in [2.45, 2.75) is 31.6 Å². The van der Waals surface area contributed by atoms with Gasteiger partial charge < -0.3 is 24.3 Å². The Morgan fingerprint density at radius 2 is 1.91 bits per heavy atom. The van der Waals surface area contributed by atoms with Crippen LogP contribution in [0.4, 0.5) is 0 Å². The molecule has 5 rings (SSSR count). The van der Waals surface area contributed by atoms with Crippen molar-refractivity contribution in [1.29, 1.82) is 0 Å². The minimum Gasteiger partial charge on any atom is -0.494 e. The van der Waals surface area contributed by atoms with Crippen LogP contribution in [0.5, 0.6) is 17.2 Å². The quantitative estimate of drug-likeness (QED) is 0.517. The van der Waals surface area contributed by atoms with Crippen molar-refractivity contribution < 1.29 is 23.7 Å². The maximum atomic E-state index is 12.8. The fourth-order valence-corrected chi connectivity index (χ4v) is 5.26. The molecule has 1 N–H and O–H groups in total. The average Bonchev–Trinajstić information content (AvgIpc) is 3.53. The Balaban J connectivity index is 1.23. The van der Waals surface area contributed by atoms with Gasteiger partial charge in [-0.1, -0.05) is 6.07 Å². The van der Waals surface area contributed by atoms with Crippen molar-refractivity contribution in [1.82, 2.24) is 10.3 Å². The van der Waals surface area contributed by atoms with E-state index in [4.69, 9.17) is 18.9 Å². The van der Waals surface area contributed by atoms with E-state index in [9.17, 15) is 4.79 Å². The van der Waals surface area contributed by atoms with Gasteiger partial charge >= 0.3 is 0 Å². The standard InChI is InChI=1S/C26H28N2O5S/c1-2-31-21-6-3-18(4-7-21)25-28-20(15-34-25)14-24(29)27-16-26(9-11-30-12-10-26)19-5-8-22-23(13-19)33-17-32-22/h3-8,13,15H,2,9-12,14,16-17H2,1H3,(H,27,29). The number of benzene rings is 2. The van der Waals surface area contributed by atoms with E-state index in [0.717, 1.165) is 51.9 Å². The van der Waals surface area contributed by atoms with Crippen LogP contribution in [0, 0.1) is 0 Å². The van der Waals surface area contributed by atoms with Gasteiger partial charge in [0.05, 0.1) is 18.7 Å². The molecule has 3 aromatic rings. The van der Waals surface area contributed by atoms with Crippen LogP contribution in [0.3, 0.4) is 0 Å². The van der Waals surface area contributed by atoms with Gasteiger partial charge in [-0.2, -0.15) is 0 Å². The molecule has 1 saturated heterocycles. The average molecular weight is 481 g/mol. The maximum Gasteiger partial charge on any atom is 0.231 e. The molecule has 0 spiro atoms. The highest BCUT2D eigenvalue weighted by Gasteiger charge is 2.36. The van der Waals surface area contributed by atoms with Gasteiger partial charge in [0.2, 0.25) is 12.7 Å². The zero-order valence-corrected chi connectivity index (χ0v) is 20.0. The van der Waals surface area contributed by atoms with E-state index in [0.29, 0.717) is 26.4 Å². The van der Waals surface area contributed by atoms with E-state index in [2.05, 4.69) is 16.4 Å². The summed E-state index contributed by atoms with van der Waals surface area (Å²) in [6, 6.07) is 13.9. The molecule has 0 atom stereocenters. The number of hydrogen-bond donors (Lipinski definition) is 1. The highest BCUT2D eigenvalue weighted by molar-refractivity contribution is 7.13. The lowest BCUT2D eigenvalue weighted by molar-refractivity contribution is -0.121. The fraction of sp³-hybridized carbons (Fsp3) is 0.385. The van der Waals surface area contributed by atoms with Crippen molar-refractivity contribution in [2.24, 2.45) is 0 Å². The lowest BCUT2D eigenvalue weighted by atomic mass is 9.74. The maximum absolute atomic E-state index is 12.8. The molecule has 2 aliphatic heterocycles. The van der Waals surface area contributed by atoms with E-state index in [1.54, 1.807) is 11.3 Å². The third-order valence-electron chi connectivity index (χ3n) is 6.36. The van der Waals surface area contributed by atoms with E-state index < -0.39 is 0 Å². The Hall–Kier alpha value is -3.10. The summed E-state index contributed by atoms with van der Waals surface area (Å²) in [7, 11) is 0. The molecule has 2 aliphatic rings. The number of hydrogen-bond acceptors (Lipinski definition) is 7. The van der Waals surface area contributed by atoms with Gasteiger partial charge in [0.1, 0.15) is 10.8 Å². The van der Waals surface area contributed by atoms with Gasteiger partial charge in [0.25, 0.3) is 0 Å². The molecule has 0 aliphatic carbocycles. The lowest BCUT2D eigenvalue weighted by Crippen LogP contribution is -2.45. The largest absolute Gasteiger partial charge is 0.494 e. The van der Waals surface area contributed by atoms with E-state index in [1.807, 2.05) is 48.7 Å². The van der Waals surface area contributed by atoms with Crippen molar-refractivity contribution in [3.8, 4) is 27.8 Å². The number of nitrogens with one attached hydrogen (secondary N) is 1. The second-order valence-corrected chi connectivity index (χ2v) is 9.37. The minimum absolute atomic E-state index is 0.0323. The molecule has 1 fully saturated rings. The van der Waals surface area contributed by atoms with Crippen LogP contribution in [-0.2, 0) is 21.4 Å². The first kappa shape index (κ1) is 22.7. The molecule has 1 amide bonds. The van der Waals surface area contributed by atoms with Gasteiger partial charge in [0, 0.05) is 36.1 Å². The molecule has 178 valence electrons. The number of nitrogens with zero attached hydrogens (tertiary/aromatic N) is 1. The molecule has 0 saturated carbocycles. The number of thiazole rings is 1. The number of carbonyl (C=O) groups is 1. The molecule has 1 aromatic heterocycles. The minimum atomic E-state index is -0.190. The van der Waals surface area contributed by atoms with Gasteiger partial charge in [-0.3, -0.25) is 4.79 Å². The van der Waals surface area contributed by atoms with Crippen LogP contribution < -0.4 is 19.5 Å². The number of amides is 1. The van der Waals surface area contributed by atoms with Crippen LogP contribution in [0.25, 0.3) is 10.6 Å². The summed E-state index contributed by atoms with van der Waals surface area (Å²) in [5, 5.41) is 6.01. The second kappa shape index (κ2) is 10.0. The van der Waals surface area contributed by atoms with Crippen LogP contribution in [0.15, 0.2) is 47.8 Å². The molecule has 0 unspecified atom stereocenters. The molecule has 0 bridgehead atoms. The molecule has 3 heterocycles. The number of aromatic nitrogens is 1. The zero-order valence-electron chi connectivity index (χ0n) is 19.2. The molecule has 2 aromatic carbocycles. The first-order valence-corrected chi connectivity index (χ1v) is 12.5. The Labute approximate surface area is 203 Å². The van der Waals surface area contributed by atoms with E-state index in [-0.39, 0.29) is 24.5 Å². The summed E-state index contributed by atoms with van der Waals surface area (Å²) < 4.78 is 22.2. The summed E-state index contributed by atoms with van der Waals surface area (Å²) in [5.41, 5.74) is 2.75. The third kappa shape index (κ3) is 4.88. The predicted octanol–water partition coefficient (Wildman–Crippen LogP) is 4.34. The smallest absolute Gasteiger partial charge is 0.231 e. The molecule has 8 heteroatoms. The Morgan fingerprint density at radius 3 is 2.71 bits per heavy atom. The summed E-state index contributed by atoms with van der Waals surface area (Å²) in [5.74, 6) is 2.34. The van der Waals surface area contributed by atoms with Crippen molar-refractivity contribution in [2.75, 3.05) is 33.2 Å². The van der Waals surface area contributed by atoms with Gasteiger partial charge in [-0.05, 0) is 61.7 Å². The highest BCUT2D eigenvalue weighted by atomic mass is 32.1. The lowest BCUT2D eigenvalue weighted by Gasteiger charge is -2.38. The monoisotopic (exact) mass is 480 g/mol. The van der Waals surface area contributed by atoms with Crippen LogP contribution in [0.1, 0.15) is 31.0 Å². The summed E-state index contributed by atoms with van der Waals surface area (Å²) in [6.45, 7) is 4.73. The first-order chi connectivity index (χ1) is 16.6. The number of ether oxygens (including phenoxy) is 4. The molecule has 7 nitrogen and oxygen atoms in total. The molecular formula is C26H28N2O5S. The highest BCUT2D eigenvalue weighted by Crippen LogP contribution is 2.40. The summed E-state index contributed by atoms with van der Waals surface area (Å²) >= 11 is 1.54. The molecule has 34 heavy (non-hydrogen) atoms. The Kier molecular flexibility index (Phi) is 6.69. The van der Waals surface area contributed by atoms with E-state index in [1.165, 1.54) is 0 Å². The zero-order chi connectivity index (χ0) is 23.4. The molecular weight excluding hydrogens is 452 g/mol. The Bertz CT molecular complexity index is 1140. The normalized spacial score (nSPS) is 16.3. The van der Waals surface area contributed by atoms with Crippen molar-refractivity contribution in [3.63, 3.8) is 0 Å². The fourth-order valence-electron chi connectivity index (χ4n) is 4.43. The summed E-state index contributed by atoms with van der Waals surface area (Å²) in [4.78, 5) is 17.5. The van der Waals surface area contributed by atoms with Crippen molar-refractivity contribution in [3.05, 3.63) is 59.1 Å². The number of fused-ring (bicyclic) bond motifs is 1. The number of carbonyl (C=O) groups excluding carboxylic acids is 1. The van der Waals surface area contributed by atoms with Gasteiger partial charge in [-0.15, -0.1) is 11.3 Å². The Morgan fingerprint density at radius 1 is 1.12 bits per heavy atom. The third-order valence-corrected chi connectivity index (χ3v) is 7.30. The summed E-state index contributed by atoms with van der Waals surface area (Å²) in [6.07, 6.45) is 1.93. The molecule has 0 radical (unpaired) electrons. The SMILES string of the molecule is CCOc1ccc(-c2nc(CC(=O)NCC3(c4ccc5c(c4)OCO5)CCOCC3)cs2)cc1.